The standard InChI is InChI=1S/C24H31ClFN5O/c1-15-6-9-21-22(15)23(31-14-30-21)27-10-11-28-24(32)18(13-29-17-4-2-3-5-17)16-7-8-19(25)20(26)12-16/h7-8,12,14-15,17-18,29H,2-6,9-11,13H2,1H3,(H,28,32)(H,27,30,31)/t15-,18-/m1/s1. The van der Waals surface area contributed by atoms with Crippen molar-refractivity contribution in [2.75, 3.05) is 25.0 Å². The molecule has 1 saturated carbocycles. The van der Waals surface area contributed by atoms with Gasteiger partial charge in [0.1, 0.15) is 18.0 Å². The van der Waals surface area contributed by atoms with Gasteiger partial charge in [0.25, 0.3) is 0 Å². The highest BCUT2D eigenvalue weighted by molar-refractivity contribution is 6.30. The molecule has 0 bridgehead atoms. The summed E-state index contributed by atoms with van der Waals surface area (Å²) in [5, 5.41) is 9.90. The number of fused-ring (bicyclic) bond motifs is 1. The zero-order valence-electron chi connectivity index (χ0n) is 18.5. The smallest absolute Gasteiger partial charge is 0.228 e. The number of carbonyl (C=O) groups is 1. The van der Waals surface area contributed by atoms with Crippen molar-refractivity contribution >= 4 is 23.3 Å². The Morgan fingerprint density at radius 3 is 2.81 bits per heavy atom. The number of nitrogens with zero attached hydrogens (tertiary/aromatic N) is 2. The average molecular weight is 460 g/mol. The van der Waals surface area contributed by atoms with Crippen molar-refractivity contribution in [3.05, 3.63) is 52.2 Å². The van der Waals surface area contributed by atoms with Gasteiger partial charge in [-0.25, -0.2) is 14.4 Å². The highest BCUT2D eigenvalue weighted by atomic mass is 35.5. The number of halogens is 2. The number of hydrogen-bond acceptors (Lipinski definition) is 5. The summed E-state index contributed by atoms with van der Waals surface area (Å²) in [6.07, 6.45) is 8.33. The Morgan fingerprint density at radius 1 is 1.22 bits per heavy atom. The zero-order chi connectivity index (χ0) is 22.5. The molecule has 2 aliphatic rings. The summed E-state index contributed by atoms with van der Waals surface area (Å²) in [6.45, 7) is 3.67. The molecule has 0 saturated heterocycles. The second kappa shape index (κ2) is 10.6. The van der Waals surface area contributed by atoms with Gasteiger partial charge in [-0.3, -0.25) is 4.79 Å². The van der Waals surface area contributed by atoms with Crippen molar-refractivity contribution in [2.45, 2.75) is 63.3 Å². The van der Waals surface area contributed by atoms with Gasteiger partial charge in [-0.1, -0.05) is 37.4 Å². The number of benzene rings is 1. The molecule has 0 radical (unpaired) electrons. The molecule has 2 aromatic rings. The Hall–Kier alpha value is -2.25. The van der Waals surface area contributed by atoms with E-state index in [1.165, 1.54) is 30.5 Å². The SMILES string of the molecule is C[C@@H]1CCc2ncnc(NCCNC(=O)[C@H](CNC3CCCC3)c3ccc(Cl)c(F)c3)c21. The minimum atomic E-state index is -0.503. The second-order valence-corrected chi connectivity index (χ2v) is 9.26. The highest BCUT2D eigenvalue weighted by Gasteiger charge is 2.25. The third kappa shape index (κ3) is 5.38. The lowest BCUT2D eigenvalue weighted by atomic mass is 9.97. The third-order valence-corrected chi connectivity index (χ3v) is 6.92. The fraction of sp³-hybridized carbons (Fsp3) is 0.542. The minimum absolute atomic E-state index is 0.0625. The molecule has 172 valence electrons. The van der Waals surface area contributed by atoms with E-state index < -0.39 is 11.7 Å². The van der Waals surface area contributed by atoms with E-state index in [0.717, 1.165) is 37.2 Å². The van der Waals surface area contributed by atoms with Crippen LogP contribution in [0.15, 0.2) is 24.5 Å². The maximum Gasteiger partial charge on any atom is 0.228 e. The molecule has 1 amide bonds. The van der Waals surface area contributed by atoms with Crippen LogP contribution in [-0.4, -0.2) is 41.6 Å². The van der Waals surface area contributed by atoms with Gasteiger partial charge in [-0.2, -0.15) is 0 Å². The van der Waals surface area contributed by atoms with Crippen LogP contribution < -0.4 is 16.0 Å². The van der Waals surface area contributed by atoms with E-state index >= 15 is 0 Å². The van der Waals surface area contributed by atoms with Crippen molar-refractivity contribution in [3.63, 3.8) is 0 Å². The molecule has 1 fully saturated rings. The first-order valence-electron chi connectivity index (χ1n) is 11.6. The van der Waals surface area contributed by atoms with Crippen molar-refractivity contribution in [1.29, 1.82) is 0 Å². The molecule has 8 heteroatoms. The summed E-state index contributed by atoms with van der Waals surface area (Å²) in [6, 6.07) is 5.04. The highest BCUT2D eigenvalue weighted by Crippen LogP contribution is 2.35. The predicted molar refractivity (Wildman–Crippen MR) is 125 cm³/mol. The quantitative estimate of drug-likeness (QED) is 0.491. The fourth-order valence-corrected chi connectivity index (χ4v) is 4.90. The Labute approximate surface area is 193 Å². The first kappa shape index (κ1) is 22.9. The minimum Gasteiger partial charge on any atom is -0.368 e. The Morgan fingerprint density at radius 2 is 2.03 bits per heavy atom. The number of carbonyl (C=O) groups excluding carboxylic acids is 1. The largest absolute Gasteiger partial charge is 0.368 e. The number of anilines is 1. The van der Waals surface area contributed by atoms with E-state index in [1.54, 1.807) is 12.4 Å². The van der Waals surface area contributed by atoms with Gasteiger partial charge in [0.05, 0.1) is 10.9 Å². The lowest BCUT2D eigenvalue weighted by molar-refractivity contribution is -0.122. The number of aromatic nitrogens is 2. The molecule has 6 nitrogen and oxygen atoms in total. The summed E-state index contributed by atoms with van der Waals surface area (Å²) in [5.41, 5.74) is 2.93. The number of amides is 1. The first-order valence-corrected chi connectivity index (χ1v) is 11.9. The van der Waals surface area contributed by atoms with Gasteiger partial charge in [0.15, 0.2) is 0 Å². The maximum absolute atomic E-state index is 14.1. The normalized spacial score (nSPS) is 19.0. The summed E-state index contributed by atoms with van der Waals surface area (Å²) in [7, 11) is 0. The number of hydrogen-bond donors (Lipinski definition) is 3. The zero-order valence-corrected chi connectivity index (χ0v) is 19.2. The van der Waals surface area contributed by atoms with Crippen LogP contribution in [0, 0.1) is 5.82 Å². The van der Waals surface area contributed by atoms with Crippen LogP contribution in [0.4, 0.5) is 10.2 Å². The van der Waals surface area contributed by atoms with Gasteiger partial charge in [-0.15, -0.1) is 0 Å². The van der Waals surface area contributed by atoms with Gasteiger partial charge in [-0.05, 0) is 49.3 Å². The number of nitrogens with one attached hydrogen (secondary N) is 3. The monoisotopic (exact) mass is 459 g/mol. The molecule has 0 unspecified atom stereocenters. The molecule has 0 aliphatic heterocycles. The molecule has 2 atom stereocenters. The molecule has 32 heavy (non-hydrogen) atoms. The predicted octanol–water partition coefficient (Wildman–Crippen LogP) is 4.16. The Bertz CT molecular complexity index is 950. The molecule has 2 aliphatic carbocycles. The van der Waals surface area contributed by atoms with Crippen LogP contribution in [0.1, 0.15) is 67.7 Å². The maximum atomic E-state index is 14.1. The Kier molecular flexibility index (Phi) is 7.58. The fourth-order valence-electron chi connectivity index (χ4n) is 4.78. The van der Waals surface area contributed by atoms with Crippen LogP contribution in [0.3, 0.4) is 0 Å². The van der Waals surface area contributed by atoms with Gasteiger partial charge in [0, 0.05) is 36.9 Å². The first-order chi connectivity index (χ1) is 15.5. The molecule has 1 heterocycles. The van der Waals surface area contributed by atoms with Crippen LogP contribution >= 0.6 is 11.6 Å². The van der Waals surface area contributed by atoms with Crippen molar-refractivity contribution < 1.29 is 9.18 Å². The van der Waals surface area contributed by atoms with E-state index in [-0.39, 0.29) is 10.9 Å². The third-order valence-electron chi connectivity index (χ3n) is 6.62. The summed E-state index contributed by atoms with van der Waals surface area (Å²) < 4.78 is 14.1. The molecule has 0 spiro atoms. The van der Waals surface area contributed by atoms with Crippen LogP contribution in [0.25, 0.3) is 0 Å². The molecular formula is C24H31ClFN5O. The number of aryl methyl sites for hydroxylation is 1. The topological polar surface area (TPSA) is 78.9 Å². The van der Waals surface area contributed by atoms with Crippen molar-refractivity contribution in [1.82, 2.24) is 20.6 Å². The second-order valence-electron chi connectivity index (χ2n) is 8.86. The van der Waals surface area contributed by atoms with Crippen molar-refractivity contribution in [2.24, 2.45) is 0 Å². The molecule has 1 aromatic carbocycles. The molecular weight excluding hydrogens is 429 g/mol. The number of rotatable bonds is 9. The summed E-state index contributed by atoms with van der Waals surface area (Å²) >= 11 is 5.85. The van der Waals surface area contributed by atoms with Crippen molar-refractivity contribution in [3.8, 4) is 0 Å². The lowest BCUT2D eigenvalue weighted by Gasteiger charge is -2.21. The molecule has 3 N–H and O–H groups in total. The average Bonchev–Trinajstić information content (AvgIpc) is 3.44. The van der Waals surface area contributed by atoms with Gasteiger partial charge >= 0.3 is 0 Å². The van der Waals surface area contributed by atoms with E-state index in [4.69, 9.17) is 11.6 Å². The summed E-state index contributed by atoms with van der Waals surface area (Å²) in [5.74, 6) is 0.185. The Balaban J connectivity index is 1.35. The van der Waals surface area contributed by atoms with Crippen LogP contribution in [0.2, 0.25) is 5.02 Å². The van der Waals surface area contributed by atoms with Gasteiger partial charge in [0.2, 0.25) is 5.91 Å². The molecule has 4 rings (SSSR count). The van der Waals surface area contributed by atoms with E-state index in [1.807, 2.05) is 0 Å². The van der Waals surface area contributed by atoms with E-state index in [2.05, 4.69) is 32.8 Å². The lowest BCUT2D eigenvalue weighted by Crippen LogP contribution is -2.39. The van der Waals surface area contributed by atoms with Crippen LogP contribution in [0.5, 0.6) is 0 Å². The van der Waals surface area contributed by atoms with E-state index in [0.29, 0.717) is 37.2 Å². The van der Waals surface area contributed by atoms with Gasteiger partial charge < -0.3 is 16.0 Å². The summed E-state index contributed by atoms with van der Waals surface area (Å²) in [4.78, 5) is 21.8. The van der Waals surface area contributed by atoms with Crippen LogP contribution in [-0.2, 0) is 11.2 Å². The van der Waals surface area contributed by atoms with E-state index in [9.17, 15) is 9.18 Å². The molecule has 1 aromatic heterocycles.